The molecule has 2 heteroatoms. The van der Waals surface area contributed by atoms with Crippen molar-refractivity contribution in [2.75, 3.05) is 0 Å². The number of hydrogen-bond donors (Lipinski definition) is 1. The second-order valence-corrected chi connectivity index (χ2v) is 3.92. The number of hydrogen-bond acceptors (Lipinski definition) is 1. The van der Waals surface area contributed by atoms with E-state index in [0.29, 0.717) is 0 Å². The first kappa shape index (κ1) is 8.70. The van der Waals surface area contributed by atoms with Crippen molar-refractivity contribution in [1.29, 1.82) is 0 Å². The van der Waals surface area contributed by atoms with Crippen LogP contribution in [0.25, 0.3) is 10.9 Å². The Morgan fingerprint density at radius 2 is 1.92 bits per heavy atom. The molecule has 2 aromatic rings. The summed E-state index contributed by atoms with van der Waals surface area (Å²) in [6.45, 7) is 4.30. The number of aryl methyl sites for hydroxylation is 2. The molecular formula is C11H13NS. The lowest BCUT2D eigenvalue weighted by Crippen LogP contribution is -1.90. The number of nitrogens with zero attached hydrogens (tertiary/aromatic N) is 1. The predicted molar refractivity (Wildman–Crippen MR) is 59.6 cm³/mol. The summed E-state index contributed by atoms with van der Waals surface area (Å²) < 4.78 is 2.20. The van der Waals surface area contributed by atoms with E-state index < -0.39 is 0 Å². The highest BCUT2D eigenvalue weighted by atomic mass is 32.1. The smallest absolute Gasteiger partial charge is 0.0618 e. The van der Waals surface area contributed by atoms with E-state index in [2.05, 4.69) is 50.2 Å². The number of rotatable bonds is 0. The zero-order chi connectivity index (χ0) is 9.59. The van der Waals surface area contributed by atoms with Crippen molar-refractivity contribution in [1.82, 2.24) is 4.57 Å². The summed E-state index contributed by atoms with van der Waals surface area (Å²) in [7, 11) is 2.09. The third kappa shape index (κ3) is 1.09. The minimum absolute atomic E-state index is 1.05. The Kier molecular flexibility index (Phi) is 1.88. The Morgan fingerprint density at radius 3 is 2.54 bits per heavy atom. The Balaban J connectivity index is 3.03. The van der Waals surface area contributed by atoms with Crippen molar-refractivity contribution in [2.24, 2.45) is 7.05 Å². The lowest BCUT2D eigenvalue weighted by Gasteiger charge is -2.00. The molecule has 0 amide bonds. The van der Waals surface area contributed by atoms with Crippen LogP contribution in [0.15, 0.2) is 23.1 Å². The molecule has 0 N–H and O–H groups in total. The Bertz CT molecular complexity index is 468. The Hall–Kier alpha value is -0.890. The fourth-order valence-electron chi connectivity index (χ4n) is 1.80. The molecule has 0 aliphatic heterocycles. The van der Waals surface area contributed by atoms with Crippen LogP contribution in [-0.4, -0.2) is 4.57 Å². The van der Waals surface area contributed by atoms with Crippen LogP contribution in [-0.2, 0) is 7.05 Å². The number of fused-ring (bicyclic) bond motifs is 1. The summed E-state index contributed by atoms with van der Waals surface area (Å²) in [5.74, 6) is 0. The Morgan fingerprint density at radius 1 is 1.23 bits per heavy atom. The van der Waals surface area contributed by atoms with Gasteiger partial charge in [0.05, 0.1) is 5.52 Å². The second kappa shape index (κ2) is 2.81. The summed E-state index contributed by atoms with van der Waals surface area (Å²) in [5, 5.41) is 1.31. The molecule has 68 valence electrons. The van der Waals surface area contributed by atoms with Crippen molar-refractivity contribution >= 4 is 23.5 Å². The van der Waals surface area contributed by atoms with Crippen LogP contribution in [0.4, 0.5) is 0 Å². The third-order valence-electron chi connectivity index (χ3n) is 2.80. The predicted octanol–water partition coefficient (Wildman–Crippen LogP) is 3.08. The lowest BCUT2D eigenvalue weighted by atomic mass is 10.1. The largest absolute Gasteiger partial charge is 0.347 e. The molecule has 13 heavy (non-hydrogen) atoms. The highest BCUT2D eigenvalue weighted by molar-refractivity contribution is 7.80. The van der Waals surface area contributed by atoms with E-state index in [0.717, 1.165) is 4.90 Å². The molecule has 1 nitrogen and oxygen atoms in total. The topological polar surface area (TPSA) is 4.93 Å². The van der Waals surface area contributed by atoms with Crippen LogP contribution in [0.3, 0.4) is 0 Å². The van der Waals surface area contributed by atoms with E-state index in [4.69, 9.17) is 0 Å². The third-order valence-corrected chi connectivity index (χ3v) is 3.16. The fraction of sp³-hybridized carbons (Fsp3) is 0.273. The molecule has 0 aliphatic carbocycles. The molecule has 0 saturated carbocycles. The first-order valence-corrected chi connectivity index (χ1v) is 4.81. The first-order valence-electron chi connectivity index (χ1n) is 4.36. The van der Waals surface area contributed by atoms with Gasteiger partial charge in [0.25, 0.3) is 0 Å². The molecular weight excluding hydrogens is 178 g/mol. The van der Waals surface area contributed by atoms with Crippen LogP contribution in [0.2, 0.25) is 0 Å². The molecule has 2 rings (SSSR count). The minimum Gasteiger partial charge on any atom is -0.347 e. The van der Waals surface area contributed by atoms with Crippen molar-refractivity contribution in [3.05, 3.63) is 29.5 Å². The van der Waals surface area contributed by atoms with E-state index in [-0.39, 0.29) is 0 Å². The highest BCUT2D eigenvalue weighted by Gasteiger charge is 2.08. The van der Waals surface area contributed by atoms with Crippen LogP contribution >= 0.6 is 12.6 Å². The first-order chi connectivity index (χ1) is 6.13. The van der Waals surface area contributed by atoms with E-state index in [1.807, 2.05) is 6.07 Å². The molecule has 0 unspecified atom stereocenters. The van der Waals surface area contributed by atoms with Crippen molar-refractivity contribution in [3.8, 4) is 0 Å². The monoisotopic (exact) mass is 191 g/mol. The normalized spacial score (nSPS) is 11.1. The molecule has 0 aliphatic rings. The molecule has 1 aromatic carbocycles. The molecule has 1 heterocycles. The quantitative estimate of drug-likeness (QED) is 0.611. The molecule has 0 spiro atoms. The second-order valence-electron chi connectivity index (χ2n) is 3.44. The van der Waals surface area contributed by atoms with Gasteiger partial charge in [-0.2, -0.15) is 0 Å². The maximum Gasteiger partial charge on any atom is 0.0618 e. The lowest BCUT2D eigenvalue weighted by molar-refractivity contribution is 0.903. The summed E-state index contributed by atoms with van der Waals surface area (Å²) in [6, 6.07) is 6.23. The molecule has 1 aromatic heterocycles. The van der Waals surface area contributed by atoms with Crippen LogP contribution in [0.1, 0.15) is 11.3 Å². The average Bonchev–Trinajstić information content (AvgIpc) is 2.33. The molecule has 0 atom stereocenters. The van der Waals surface area contributed by atoms with Gasteiger partial charge in [0.1, 0.15) is 0 Å². The van der Waals surface area contributed by atoms with Gasteiger partial charge in [0.15, 0.2) is 0 Å². The van der Waals surface area contributed by atoms with Crippen LogP contribution in [0, 0.1) is 13.8 Å². The van der Waals surface area contributed by atoms with Gasteiger partial charge in [-0.05, 0) is 25.5 Å². The van der Waals surface area contributed by atoms with Gasteiger partial charge in [-0.15, -0.1) is 12.6 Å². The summed E-state index contributed by atoms with van der Waals surface area (Å²) >= 11 is 4.46. The maximum atomic E-state index is 4.46. The average molecular weight is 191 g/mol. The number of para-hydroxylation sites is 1. The van der Waals surface area contributed by atoms with Crippen molar-refractivity contribution in [2.45, 2.75) is 18.7 Å². The van der Waals surface area contributed by atoms with Gasteiger partial charge < -0.3 is 4.57 Å². The van der Waals surface area contributed by atoms with E-state index >= 15 is 0 Å². The van der Waals surface area contributed by atoms with Gasteiger partial charge in [-0.1, -0.05) is 12.1 Å². The van der Waals surface area contributed by atoms with Gasteiger partial charge >= 0.3 is 0 Å². The SMILES string of the molecule is Cc1c(C)n(C)c2c(S)cccc12. The highest BCUT2D eigenvalue weighted by Crippen LogP contribution is 2.28. The molecule has 0 saturated heterocycles. The maximum absolute atomic E-state index is 4.46. The number of aromatic nitrogens is 1. The zero-order valence-corrected chi connectivity index (χ0v) is 9.02. The van der Waals surface area contributed by atoms with Crippen LogP contribution in [0.5, 0.6) is 0 Å². The van der Waals surface area contributed by atoms with Gasteiger partial charge in [0, 0.05) is 23.0 Å². The molecule has 0 bridgehead atoms. The van der Waals surface area contributed by atoms with Gasteiger partial charge in [-0.25, -0.2) is 0 Å². The van der Waals surface area contributed by atoms with E-state index in [1.165, 1.54) is 22.2 Å². The summed E-state index contributed by atoms with van der Waals surface area (Å²) in [4.78, 5) is 1.05. The van der Waals surface area contributed by atoms with Gasteiger partial charge in [0.2, 0.25) is 0 Å². The number of benzene rings is 1. The van der Waals surface area contributed by atoms with E-state index in [9.17, 15) is 0 Å². The van der Waals surface area contributed by atoms with Gasteiger partial charge in [-0.3, -0.25) is 0 Å². The summed E-state index contributed by atoms with van der Waals surface area (Å²) in [5.41, 5.74) is 3.91. The van der Waals surface area contributed by atoms with E-state index in [1.54, 1.807) is 0 Å². The van der Waals surface area contributed by atoms with Crippen molar-refractivity contribution in [3.63, 3.8) is 0 Å². The molecule has 0 fully saturated rings. The van der Waals surface area contributed by atoms with Crippen LogP contribution < -0.4 is 0 Å². The summed E-state index contributed by atoms with van der Waals surface area (Å²) in [6.07, 6.45) is 0. The zero-order valence-electron chi connectivity index (χ0n) is 8.13. The standard InChI is InChI=1S/C11H13NS/c1-7-8(2)12(3)11-9(7)5-4-6-10(11)13/h4-6,13H,1-3H3. The fourth-order valence-corrected chi connectivity index (χ4v) is 2.16. The van der Waals surface area contributed by atoms with Crippen molar-refractivity contribution < 1.29 is 0 Å². The molecule has 0 radical (unpaired) electrons. The Labute approximate surface area is 83.8 Å². The minimum atomic E-state index is 1.05. The number of thiol groups is 1.